The Kier molecular flexibility index (Phi) is 6.41. The number of para-hydroxylation sites is 2. The fourth-order valence-electron chi connectivity index (χ4n) is 3.16. The molecule has 2 amide bonds. The topological polar surface area (TPSA) is 109 Å². The first kappa shape index (κ1) is 22.5. The lowest BCUT2D eigenvalue weighted by atomic mass is 10.1. The number of rotatable bonds is 6. The number of aryl methyl sites for hydroxylation is 1. The van der Waals surface area contributed by atoms with Gasteiger partial charge in [-0.1, -0.05) is 24.3 Å². The number of amides is 2. The fraction of sp³-hybridized carbons (Fsp3) is 0.250. The molecule has 33 heavy (non-hydrogen) atoms. The molecule has 0 aliphatic rings. The van der Waals surface area contributed by atoms with Gasteiger partial charge in [0.05, 0.1) is 16.7 Å². The summed E-state index contributed by atoms with van der Waals surface area (Å²) < 4.78 is 5.24. The first-order chi connectivity index (χ1) is 15.7. The van der Waals surface area contributed by atoms with E-state index >= 15 is 0 Å². The lowest BCUT2D eigenvalue weighted by Crippen LogP contribution is -2.27. The van der Waals surface area contributed by atoms with Crippen LogP contribution in [0.1, 0.15) is 33.0 Å². The Labute approximate surface area is 195 Å². The molecule has 0 saturated heterocycles. The second-order valence-corrected chi connectivity index (χ2v) is 9.35. The summed E-state index contributed by atoms with van der Waals surface area (Å²) in [6.07, 6.45) is 0.321. The predicted octanol–water partition coefficient (Wildman–Crippen LogP) is 5.60. The van der Waals surface area contributed by atoms with Crippen LogP contribution in [0.5, 0.6) is 0 Å². The van der Waals surface area contributed by atoms with Gasteiger partial charge in [-0.15, -0.1) is 11.3 Å². The van der Waals surface area contributed by atoms with E-state index in [1.165, 1.54) is 11.3 Å². The van der Waals surface area contributed by atoms with Gasteiger partial charge in [0.25, 0.3) is 0 Å². The molecule has 0 fully saturated rings. The molecule has 2 aromatic carbocycles. The molecule has 0 unspecified atom stereocenters. The highest BCUT2D eigenvalue weighted by molar-refractivity contribution is 7.14. The SMILES string of the molecule is CC(C)(C)OC(=O)Nc1nc(-c2ccc(NC(=O)CCc3nc4ccccc4[nH]3)cc2)cs1. The first-order valence-corrected chi connectivity index (χ1v) is 11.4. The number of fused-ring (bicyclic) bond motifs is 1. The number of aromatic nitrogens is 3. The summed E-state index contributed by atoms with van der Waals surface area (Å²) in [5, 5.41) is 7.86. The highest BCUT2D eigenvalue weighted by atomic mass is 32.1. The van der Waals surface area contributed by atoms with Crippen molar-refractivity contribution in [1.82, 2.24) is 15.0 Å². The van der Waals surface area contributed by atoms with Crippen molar-refractivity contribution in [3.63, 3.8) is 0 Å². The van der Waals surface area contributed by atoms with Gasteiger partial charge < -0.3 is 15.0 Å². The molecule has 3 N–H and O–H groups in total. The number of hydrogen-bond acceptors (Lipinski definition) is 6. The van der Waals surface area contributed by atoms with Crippen LogP contribution in [0.2, 0.25) is 0 Å². The highest BCUT2D eigenvalue weighted by Crippen LogP contribution is 2.26. The van der Waals surface area contributed by atoms with Gasteiger partial charge in [0.2, 0.25) is 5.91 Å². The maximum absolute atomic E-state index is 12.3. The van der Waals surface area contributed by atoms with Crippen LogP contribution >= 0.6 is 11.3 Å². The minimum Gasteiger partial charge on any atom is -0.444 e. The number of thiazole rings is 1. The van der Waals surface area contributed by atoms with Gasteiger partial charge in [0, 0.05) is 29.5 Å². The molecule has 0 radical (unpaired) electrons. The summed E-state index contributed by atoms with van der Waals surface area (Å²) in [7, 11) is 0. The highest BCUT2D eigenvalue weighted by Gasteiger charge is 2.17. The van der Waals surface area contributed by atoms with Crippen molar-refractivity contribution in [2.75, 3.05) is 10.6 Å². The Morgan fingerprint density at radius 2 is 1.79 bits per heavy atom. The van der Waals surface area contributed by atoms with Crippen molar-refractivity contribution < 1.29 is 14.3 Å². The molecule has 2 aromatic heterocycles. The lowest BCUT2D eigenvalue weighted by Gasteiger charge is -2.18. The van der Waals surface area contributed by atoms with Gasteiger partial charge >= 0.3 is 6.09 Å². The molecule has 0 aliphatic carbocycles. The van der Waals surface area contributed by atoms with Crippen LogP contribution in [0.25, 0.3) is 22.3 Å². The number of aromatic amines is 1. The number of hydrogen-bond donors (Lipinski definition) is 3. The second-order valence-electron chi connectivity index (χ2n) is 8.49. The largest absolute Gasteiger partial charge is 0.444 e. The molecule has 170 valence electrons. The van der Waals surface area contributed by atoms with Crippen LogP contribution in [0.15, 0.2) is 53.9 Å². The Morgan fingerprint density at radius 3 is 2.52 bits per heavy atom. The van der Waals surface area contributed by atoms with Crippen molar-refractivity contribution >= 4 is 45.2 Å². The van der Waals surface area contributed by atoms with Gasteiger partial charge in [-0.05, 0) is 45.0 Å². The minimum atomic E-state index is -0.573. The van der Waals surface area contributed by atoms with E-state index in [1.807, 2.05) is 53.9 Å². The molecular weight excluding hydrogens is 438 g/mol. The summed E-state index contributed by atoms with van der Waals surface area (Å²) in [5.41, 5.74) is 3.61. The van der Waals surface area contributed by atoms with E-state index in [1.54, 1.807) is 20.8 Å². The predicted molar refractivity (Wildman–Crippen MR) is 130 cm³/mol. The number of carbonyl (C=O) groups is 2. The zero-order valence-electron chi connectivity index (χ0n) is 18.6. The average molecular weight is 464 g/mol. The van der Waals surface area contributed by atoms with Gasteiger partial charge in [-0.2, -0.15) is 0 Å². The number of nitrogens with zero attached hydrogens (tertiary/aromatic N) is 2. The third kappa shape index (κ3) is 6.17. The number of carbonyl (C=O) groups excluding carboxylic acids is 2. The Balaban J connectivity index is 1.30. The normalized spacial score (nSPS) is 11.4. The maximum Gasteiger partial charge on any atom is 0.413 e. The summed E-state index contributed by atoms with van der Waals surface area (Å²) in [4.78, 5) is 36.4. The standard InChI is InChI=1S/C24H25N5O3S/c1-24(2,3)32-23(31)29-22-28-19(14-33-22)15-8-10-16(11-9-15)25-21(30)13-12-20-26-17-6-4-5-7-18(17)27-20/h4-11,14H,12-13H2,1-3H3,(H,25,30)(H,26,27)(H,28,29,31). The summed E-state index contributed by atoms with van der Waals surface area (Å²) in [5.74, 6) is 0.710. The number of nitrogens with one attached hydrogen (secondary N) is 3. The fourth-order valence-corrected chi connectivity index (χ4v) is 3.86. The first-order valence-electron chi connectivity index (χ1n) is 10.5. The number of imidazole rings is 1. The molecular formula is C24H25N5O3S. The van der Waals surface area contributed by atoms with Crippen LogP contribution < -0.4 is 10.6 Å². The molecule has 2 heterocycles. The van der Waals surface area contributed by atoms with Crippen LogP contribution in [-0.2, 0) is 16.0 Å². The van der Waals surface area contributed by atoms with Gasteiger partial charge in [-0.3, -0.25) is 10.1 Å². The third-order valence-electron chi connectivity index (χ3n) is 4.60. The molecule has 9 heteroatoms. The molecule has 4 rings (SSSR count). The van der Waals surface area contributed by atoms with E-state index < -0.39 is 11.7 Å². The average Bonchev–Trinajstić information content (AvgIpc) is 3.38. The van der Waals surface area contributed by atoms with E-state index in [-0.39, 0.29) is 5.91 Å². The molecule has 0 bridgehead atoms. The van der Waals surface area contributed by atoms with Crippen molar-refractivity contribution in [3.8, 4) is 11.3 Å². The van der Waals surface area contributed by atoms with E-state index in [0.717, 1.165) is 28.1 Å². The van der Waals surface area contributed by atoms with Crippen molar-refractivity contribution in [3.05, 3.63) is 59.7 Å². The number of anilines is 2. The molecule has 8 nitrogen and oxygen atoms in total. The number of benzene rings is 2. The smallest absolute Gasteiger partial charge is 0.413 e. The van der Waals surface area contributed by atoms with Crippen LogP contribution in [-0.4, -0.2) is 32.6 Å². The van der Waals surface area contributed by atoms with E-state index in [0.29, 0.717) is 23.7 Å². The zero-order chi connectivity index (χ0) is 23.4. The van der Waals surface area contributed by atoms with Crippen LogP contribution in [0, 0.1) is 0 Å². The molecule has 0 saturated carbocycles. The van der Waals surface area contributed by atoms with Crippen LogP contribution in [0.4, 0.5) is 15.6 Å². The van der Waals surface area contributed by atoms with Crippen LogP contribution in [0.3, 0.4) is 0 Å². The Hall–Kier alpha value is -3.72. The van der Waals surface area contributed by atoms with Crippen molar-refractivity contribution in [2.45, 2.75) is 39.2 Å². The lowest BCUT2D eigenvalue weighted by molar-refractivity contribution is -0.116. The summed E-state index contributed by atoms with van der Waals surface area (Å²) in [6, 6.07) is 15.2. The quantitative estimate of drug-likeness (QED) is 0.345. The molecule has 0 atom stereocenters. The zero-order valence-corrected chi connectivity index (χ0v) is 19.5. The van der Waals surface area contributed by atoms with E-state index in [4.69, 9.17) is 4.74 Å². The summed E-state index contributed by atoms with van der Waals surface area (Å²) in [6.45, 7) is 5.41. The van der Waals surface area contributed by atoms with Gasteiger partial charge in [0.15, 0.2) is 5.13 Å². The molecule has 0 aliphatic heterocycles. The summed E-state index contributed by atoms with van der Waals surface area (Å²) >= 11 is 1.32. The Morgan fingerprint density at radius 1 is 1.03 bits per heavy atom. The van der Waals surface area contributed by atoms with Gasteiger partial charge in [0.1, 0.15) is 11.4 Å². The molecule has 0 spiro atoms. The molecule has 4 aromatic rings. The van der Waals surface area contributed by atoms with E-state index in [9.17, 15) is 9.59 Å². The monoisotopic (exact) mass is 463 g/mol. The Bertz CT molecular complexity index is 1240. The second kappa shape index (κ2) is 9.41. The van der Waals surface area contributed by atoms with Gasteiger partial charge in [-0.25, -0.2) is 14.8 Å². The number of ether oxygens (including phenoxy) is 1. The van der Waals surface area contributed by atoms with Crippen molar-refractivity contribution in [2.24, 2.45) is 0 Å². The maximum atomic E-state index is 12.3. The van der Waals surface area contributed by atoms with Crippen molar-refractivity contribution in [1.29, 1.82) is 0 Å². The number of H-pyrrole nitrogens is 1. The van der Waals surface area contributed by atoms with E-state index in [2.05, 4.69) is 25.6 Å². The minimum absolute atomic E-state index is 0.0827. The third-order valence-corrected chi connectivity index (χ3v) is 5.36.